The lowest BCUT2D eigenvalue weighted by Gasteiger charge is -2.33. The summed E-state index contributed by atoms with van der Waals surface area (Å²) in [5.41, 5.74) is 0.988. The van der Waals surface area contributed by atoms with Gasteiger partial charge in [0.2, 0.25) is 0 Å². The minimum absolute atomic E-state index is 0.0563. The molecule has 9 nitrogen and oxygen atoms in total. The quantitative estimate of drug-likeness (QED) is 0.713. The fraction of sp³-hybridized carbons (Fsp3) is 0.619. The highest BCUT2D eigenvalue weighted by molar-refractivity contribution is 5.93. The summed E-state index contributed by atoms with van der Waals surface area (Å²) >= 11 is 0. The van der Waals surface area contributed by atoms with Gasteiger partial charge in [-0.25, -0.2) is 4.68 Å². The molecule has 9 heteroatoms. The molecule has 2 aromatic heterocycles. The van der Waals surface area contributed by atoms with E-state index in [1.54, 1.807) is 41.3 Å². The average molecular weight is 417 g/mol. The topological polar surface area (TPSA) is 85.5 Å². The Morgan fingerprint density at radius 1 is 1.30 bits per heavy atom. The molecule has 1 atom stereocenters. The van der Waals surface area contributed by atoms with Crippen LogP contribution >= 0.6 is 0 Å². The van der Waals surface area contributed by atoms with Crippen LogP contribution in [0.2, 0.25) is 0 Å². The van der Waals surface area contributed by atoms with Crippen molar-refractivity contribution >= 4 is 11.6 Å². The van der Waals surface area contributed by atoms with Crippen LogP contribution in [0.3, 0.4) is 0 Å². The Balaban J connectivity index is 1.72. The predicted molar refractivity (Wildman–Crippen MR) is 115 cm³/mol. The smallest absolute Gasteiger partial charge is 0.269 e. The molecule has 0 spiro atoms. The molecule has 3 rings (SSSR count). The van der Waals surface area contributed by atoms with Gasteiger partial charge >= 0.3 is 0 Å². The molecule has 2 aromatic rings. The fourth-order valence-electron chi connectivity index (χ4n) is 3.57. The molecule has 1 aliphatic rings. The van der Waals surface area contributed by atoms with Gasteiger partial charge in [0.05, 0.1) is 41.8 Å². The highest BCUT2D eigenvalue weighted by atomic mass is 16.5. The molecule has 1 aliphatic heterocycles. The van der Waals surface area contributed by atoms with Gasteiger partial charge in [0, 0.05) is 46.1 Å². The van der Waals surface area contributed by atoms with Gasteiger partial charge in [-0.2, -0.15) is 10.2 Å². The van der Waals surface area contributed by atoms with Gasteiger partial charge in [-0.3, -0.25) is 14.3 Å². The third-order valence-electron chi connectivity index (χ3n) is 5.43. The summed E-state index contributed by atoms with van der Waals surface area (Å²) in [5, 5.41) is 8.73. The number of hydrogen-bond donors (Lipinski definition) is 0. The van der Waals surface area contributed by atoms with Crippen LogP contribution < -0.4 is 10.5 Å². The summed E-state index contributed by atoms with van der Waals surface area (Å²) in [6.45, 7) is 8.51. The second-order valence-corrected chi connectivity index (χ2v) is 8.80. The molecule has 1 fully saturated rings. The molecule has 164 valence electrons. The van der Waals surface area contributed by atoms with Gasteiger partial charge < -0.3 is 14.5 Å². The molecule has 1 saturated heterocycles. The number of ether oxygens (including phenoxy) is 1. The van der Waals surface area contributed by atoms with Crippen LogP contribution in [0.25, 0.3) is 0 Å². The van der Waals surface area contributed by atoms with Crippen LogP contribution in [0.4, 0.5) is 5.69 Å². The van der Waals surface area contributed by atoms with E-state index in [1.165, 1.54) is 4.68 Å². The molecule has 3 heterocycles. The summed E-state index contributed by atoms with van der Waals surface area (Å²) in [5.74, 6) is -0.0563. The first-order chi connectivity index (χ1) is 14.2. The predicted octanol–water partition coefficient (Wildman–Crippen LogP) is 1.75. The number of carbonyl (C=O) groups excluding carboxylic acids is 1. The molecular formula is C21H32N6O3. The van der Waals surface area contributed by atoms with Gasteiger partial charge in [-0.1, -0.05) is 0 Å². The van der Waals surface area contributed by atoms with E-state index in [4.69, 9.17) is 4.74 Å². The van der Waals surface area contributed by atoms with Crippen LogP contribution in [0.1, 0.15) is 50.0 Å². The van der Waals surface area contributed by atoms with Crippen molar-refractivity contribution in [2.45, 2.75) is 45.2 Å². The van der Waals surface area contributed by atoms with Crippen LogP contribution in [0.5, 0.6) is 0 Å². The van der Waals surface area contributed by atoms with Crippen molar-refractivity contribution in [2.75, 3.05) is 45.3 Å². The first-order valence-corrected chi connectivity index (χ1v) is 10.3. The molecule has 0 radical (unpaired) electrons. The Hall–Kier alpha value is -2.68. The number of methoxy groups -OCH3 is 1. The number of carbonyl (C=O) groups is 1. The van der Waals surface area contributed by atoms with Gasteiger partial charge in [0.15, 0.2) is 0 Å². The number of anilines is 1. The minimum atomic E-state index is -0.182. The summed E-state index contributed by atoms with van der Waals surface area (Å²) in [6, 6.07) is 1.46. The lowest BCUT2D eigenvalue weighted by molar-refractivity contribution is 0.0669. The first-order valence-electron chi connectivity index (χ1n) is 10.3. The van der Waals surface area contributed by atoms with Crippen molar-refractivity contribution in [3.63, 3.8) is 0 Å². The van der Waals surface area contributed by atoms with Gasteiger partial charge in [0.25, 0.3) is 11.5 Å². The van der Waals surface area contributed by atoms with Crippen molar-refractivity contribution in [3.8, 4) is 0 Å². The number of piperidine rings is 1. The summed E-state index contributed by atoms with van der Waals surface area (Å²) in [6.07, 6.45) is 6.75. The normalized spacial score (nSPS) is 17.2. The standard InChI is InChI=1S/C21H32N6O3/c1-21(2,3)26-14-16(12-22-26)20(29)25-8-6-7-17(15-25)27-19(28)11-18(13-23-27)24(4)9-10-30-5/h11-14,17H,6-10,15H2,1-5H3/t17-/m0/s1. The van der Waals surface area contributed by atoms with E-state index in [1.807, 2.05) is 32.7 Å². The monoisotopic (exact) mass is 416 g/mol. The number of amides is 1. The second-order valence-electron chi connectivity index (χ2n) is 8.80. The van der Waals surface area contributed by atoms with Crippen LogP contribution in [0.15, 0.2) is 29.5 Å². The van der Waals surface area contributed by atoms with Crippen LogP contribution in [-0.2, 0) is 10.3 Å². The molecular weight excluding hydrogens is 384 g/mol. The zero-order chi connectivity index (χ0) is 21.9. The molecule has 0 N–H and O–H groups in total. The maximum absolute atomic E-state index is 13.0. The summed E-state index contributed by atoms with van der Waals surface area (Å²) in [7, 11) is 3.55. The van der Waals surface area contributed by atoms with E-state index in [0.29, 0.717) is 31.8 Å². The van der Waals surface area contributed by atoms with Gasteiger partial charge in [-0.15, -0.1) is 0 Å². The van der Waals surface area contributed by atoms with E-state index >= 15 is 0 Å². The molecule has 30 heavy (non-hydrogen) atoms. The van der Waals surface area contributed by atoms with Crippen molar-refractivity contribution in [1.82, 2.24) is 24.5 Å². The lowest BCUT2D eigenvalue weighted by atomic mass is 10.0. The van der Waals surface area contributed by atoms with Crippen LogP contribution in [-0.4, -0.2) is 70.8 Å². The molecule has 0 unspecified atom stereocenters. The Kier molecular flexibility index (Phi) is 6.60. The molecule has 1 amide bonds. The molecule has 0 aliphatic carbocycles. The van der Waals surface area contributed by atoms with Crippen molar-refractivity contribution in [2.24, 2.45) is 0 Å². The third kappa shape index (κ3) is 4.89. The van der Waals surface area contributed by atoms with Crippen LogP contribution in [0, 0.1) is 0 Å². The van der Waals surface area contributed by atoms with Crippen molar-refractivity contribution < 1.29 is 9.53 Å². The van der Waals surface area contributed by atoms with Gasteiger partial charge in [0.1, 0.15) is 0 Å². The fourth-order valence-corrected chi connectivity index (χ4v) is 3.57. The molecule has 0 saturated carbocycles. The number of nitrogens with zero attached hydrogens (tertiary/aromatic N) is 6. The Morgan fingerprint density at radius 3 is 2.70 bits per heavy atom. The second kappa shape index (κ2) is 8.99. The minimum Gasteiger partial charge on any atom is -0.383 e. The number of hydrogen-bond acceptors (Lipinski definition) is 6. The highest BCUT2D eigenvalue weighted by Crippen LogP contribution is 2.22. The van der Waals surface area contributed by atoms with E-state index < -0.39 is 0 Å². The first kappa shape index (κ1) is 22.0. The summed E-state index contributed by atoms with van der Waals surface area (Å²) in [4.78, 5) is 29.4. The zero-order valence-corrected chi connectivity index (χ0v) is 18.5. The Morgan fingerprint density at radius 2 is 2.07 bits per heavy atom. The number of rotatable bonds is 6. The van der Waals surface area contributed by atoms with E-state index in [2.05, 4.69) is 10.2 Å². The Labute approximate surface area is 177 Å². The average Bonchev–Trinajstić information content (AvgIpc) is 3.22. The van der Waals surface area contributed by atoms with E-state index in [-0.39, 0.29) is 23.0 Å². The van der Waals surface area contributed by atoms with Crippen molar-refractivity contribution in [1.29, 1.82) is 0 Å². The number of aromatic nitrogens is 4. The summed E-state index contributed by atoms with van der Waals surface area (Å²) < 4.78 is 8.39. The molecule has 0 aromatic carbocycles. The maximum atomic E-state index is 13.0. The Bertz CT molecular complexity index is 929. The van der Waals surface area contributed by atoms with E-state index in [0.717, 1.165) is 18.5 Å². The molecule has 0 bridgehead atoms. The lowest BCUT2D eigenvalue weighted by Crippen LogP contribution is -2.43. The maximum Gasteiger partial charge on any atom is 0.269 e. The third-order valence-corrected chi connectivity index (χ3v) is 5.43. The SMILES string of the molecule is COCCN(C)c1cnn([C@H]2CCCN(C(=O)c3cnn(C(C)(C)C)c3)C2)c(=O)c1. The van der Waals surface area contributed by atoms with Gasteiger partial charge in [-0.05, 0) is 33.6 Å². The van der Waals surface area contributed by atoms with E-state index in [9.17, 15) is 9.59 Å². The number of likely N-dealkylation sites (N-methyl/N-ethyl adjacent to an activating group) is 1. The largest absolute Gasteiger partial charge is 0.383 e. The zero-order valence-electron chi connectivity index (χ0n) is 18.5. The highest BCUT2D eigenvalue weighted by Gasteiger charge is 2.28. The van der Waals surface area contributed by atoms with Crippen molar-refractivity contribution in [3.05, 3.63) is 40.6 Å². The number of likely N-dealkylation sites (tertiary alicyclic amines) is 1.